The lowest BCUT2D eigenvalue weighted by molar-refractivity contribution is -0.274. The van der Waals surface area contributed by atoms with Gasteiger partial charge in [-0.05, 0) is 76.2 Å². The highest BCUT2D eigenvalue weighted by molar-refractivity contribution is 5.68. The molecule has 0 saturated heterocycles. The van der Waals surface area contributed by atoms with E-state index >= 15 is 0 Å². The Hall–Kier alpha value is -5.65. The molecule has 0 fully saturated rings. The topological polar surface area (TPSA) is 105 Å². The van der Waals surface area contributed by atoms with Crippen molar-refractivity contribution in [3.05, 3.63) is 135 Å². The van der Waals surface area contributed by atoms with Crippen molar-refractivity contribution in [2.75, 3.05) is 0 Å². The van der Waals surface area contributed by atoms with Crippen LogP contribution in [0.4, 0.5) is 13.2 Å². The molecule has 0 unspecified atom stereocenters. The standard InChI is InChI=1S/C17H13F3N2O3.C16H14N2O2/c1-10-16(11(2)25-21-10)12-3-8-15(23)22(9-12)13-4-6-14(7-5-13)24-17(18,19)20;1-11-16(12(2)20-17-11)13-8-9-15(19)18(10-13)14-6-4-3-5-7-14/h3-9H,1-2H3;3-10H,1-2H3. The maximum atomic E-state index is 12.2. The first-order valence-electron chi connectivity index (χ1n) is 13.6. The van der Waals surface area contributed by atoms with E-state index in [4.69, 9.17) is 9.05 Å². The third-order valence-electron chi connectivity index (χ3n) is 6.85. The third-order valence-corrected chi connectivity index (χ3v) is 6.85. The van der Waals surface area contributed by atoms with E-state index in [-0.39, 0.29) is 16.9 Å². The van der Waals surface area contributed by atoms with Crippen LogP contribution in [0.5, 0.6) is 5.75 Å². The smallest absolute Gasteiger partial charge is 0.406 e. The van der Waals surface area contributed by atoms with E-state index in [1.165, 1.54) is 22.8 Å². The van der Waals surface area contributed by atoms with Crippen LogP contribution in [-0.4, -0.2) is 25.8 Å². The molecule has 4 aromatic heterocycles. The van der Waals surface area contributed by atoms with Gasteiger partial charge in [-0.25, -0.2) is 0 Å². The molecular weight excluding hydrogens is 589 g/mol. The summed E-state index contributed by atoms with van der Waals surface area (Å²) in [6.07, 6.45) is -1.35. The Bertz CT molecular complexity index is 2020. The van der Waals surface area contributed by atoms with Crippen molar-refractivity contribution < 1.29 is 27.0 Å². The fourth-order valence-corrected chi connectivity index (χ4v) is 4.86. The maximum absolute atomic E-state index is 12.2. The lowest BCUT2D eigenvalue weighted by Crippen LogP contribution is -2.18. The predicted molar refractivity (Wildman–Crippen MR) is 161 cm³/mol. The number of para-hydroxylation sites is 1. The second-order valence-corrected chi connectivity index (χ2v) is 10.0. The number of aryl methyl sites for hydroxylation is 4. The van der Waals surface area contributed by atoms with Crippen LogP contribution < -0.4 is 15.9 Å². The molecule has 0 bridgehead atoms. The number of pyridine rings is 2. The summed E-state index contributed by atoms with van der Waals surface area (Å²) < 4.78 is 53.8. The van der Waals surface area contributed by atoms with Gasteiger partial charge in [-0.3, -0.25) is 18.7 Å². The Morgan fingerprint density at radius 2 is 1.07 bits per heavy atom. The van der Waals surface area contributed by atoms with Gasteiger partial charge < -0.3 is 13.8 Å². The molecule has 0 aliphatic rings. The summed E-state index contributed by atoms with van der Waals surface area (Å²) in [5.74, 6) is 1.00. The van der Waals surface area contributed by atoms with Gasteiger partial charge in [0.1, 0.15) is 17.3 Å². The molecule has 9 nitrogen and oxygen atoms in total. The van der Waals surface area contributed by atoms with Crippen molar-refractivity contribution in [2.45, 2.75) is 34.1 Å². The Morgan fingerprint density at radius 3 is 1.47 bits per heavy atom. The van der Waals surface area contributed by atoms with E-state index in [2.05, 4.69) is 15.1 Å². The highest BCUT2D eigenvalue weighted by Crippen LogP contribution is 2.28. The van der Waals surface area contributed by atoms with Crippen molar-refractivity contribution in [1.82, 2.24) is 19.4 Å². The first kappa shape index (κ1) is 30.8. The van der Waals surface area contributed by atoms with Crippen molar-refractivity contribution in [3.63, 3.8) is 0 Å². The van der Waals surface area contributed by atoms with Crippen LogP contribution in [0.1, 0.15) is 22.9 Å². The van der Waals surface area contributed by atoms with E-state index in [9.17, 15) is 22.8 Å². The summed E-state index contributed by atoms with van der Waals surface area (Å²) in [5.41, 5.74) is 5.71. The normalized spacial score (nSPS) is 11.2. The highest BCUT2D eigenvalue weighted by Gasteiger charge is 2.31. The Balaban J connectivity index is 0.000000182. The zero-order valence-electron chi connectivity index (χ0n) is 24.6. The second-order valence-electron chi connectivity index (χ2n) is 10.0. The van der Waals surface area contributed by atoms with Gasteiger partial charge in [0, 0.05) is 58.2 Å². The molecule has 6 aromatic rings. The Morgan fingerprint density at radius 1 is 0.622 bits per heavy atom. The summed E-state index contributed by atoms with van der Waals surface area (Å²) in [7, 11) is 0. The number of hydrogen-bond acceptors (Lipinski definition) is 7. The highest BCUT2D eigenvalue weighted by atomic mass is 19.4. The van der Waals surface area contributed by atoms with E-state index in [0.29, 0.717) is 22.7 Å². The zero-order valence-corrected chi connectivity index (χ0v) is 24.6. The molecule has 0 saturated carbocycles. The summed E-state index contributed by atoms with van der Waals surface area (Å²) in [6.45, 7) is 7.30. The molecule has 0 atom stereocenters. The molecule has 0 spiro atoms. The quantitative estimate of drug-likeness (QED) is 0.203. The average molecular weight is 617 g/mol. The number of benzene rings is 2. The average Bonchev–Trinajstić information content (AvgIpc) is 3.53. The summed E-state index contributed by atoms with van der Waals surface area (Å²) in [5, 5.41) is 7.83. The van der Waals surface area contributed by atoms with Gasteiger partial charge in [0.2, 0.25) is 0 Å². The molecule has 0 aliphatic carbocycles. The monoisotopic (exact) mass is 616 g/mol. The van der Waals surface area contributed by atoms with Crippen LogP contribution in [0.3, 0.4) is 0 Å². The lowest BCUT2D eigenvalue weighted by Gasteiger charge is -2.11. The van der Waals surface area contributed by atoms with E-state index in [1.807, 2.05) is 50.4 Å². The zero-order chi connectivity index (χ0) is 32.3. The predicted octanol–water partition coefficient (Wildman–Crippen LogP) is 7.12. The van der Waals surface area contributed by atoms with Gasteiger partial charge >= 0.3 is 6.36 Å². The van der Waals surface area contributed by atoms with Crippen LogP contribution >= 0.6 is 0 Å². The minimum absolute atomic E-state index is 0.0632. The van der Waals surface area contributed by atoms with Crippen LogP contribution in [0.25, 0.3) is 33.6 Å². The summed E-state index contributed by atoms with van der Waals surface area (Å²) >= 11 is 0. The Labute approximate surface area is 254 Å². The van der Waals surface area contributed by atoms with Crippen LogP contribution in [0.2, 0.25) is 0 Å². The molecule has 6 rings (SSSR count). The van der Waals surface area contributed by atoms with Gasteiger partial charge in [-0.2, -0.15) is 0 Å². The van der Waals surface area contributed by atoms with Gasteiger partial charge in [0.15, 0.2) is 0 Å². The maximum Gasteiger partial charge on any atom is 0.573 e. The van der Waals surface area contributed by atoms with Crippen molar-refractivity contribution in [1.29, 1.82) is 0 Å². The molecular formula is C33H27F3N4O5. The molecule has 0 N–H and O–H groups in total. The molecule has 45 heavy (non-hydrogen) atoms. The van der Waals surface area contributed by atoms with Gasteiger partial charge in [-0.15, -0.1) is 13.2 Å². The van der Waals surface area contributed by atoms with Crippen LogP contribution in [0.15, 0.2) is 110 Å². The molecule has 0 radical (unpaired) electrons. The van der Waals surface area contributed by atoms with Gasteiger partial charge in [0.25, 0.3) is 11.1 Å². The Kier molecular flexibility index (Phi) is 8.57. The van der Waals surface area contributed by atoms with Crippen molar-refractivity contribution in [3.8, 4) is 39.4 Å². The lowest BCUT2D eigenvalue weighted by atomic mass is 10.1. The van der Waals surface area contributed by atoms with Gasteiger partial charge in [0.05, 0.1) is 11.4 Å². The molecule has 230 valence electrons. The minimum atomic E-state index is -4.76. The molecule has 4 heterocycles. The fraction of sp³-hybridized carbons (Fsp3) is 0.152. The third kappa shape index (κ3) is 6.96. The van der Waals surface area contributed by atoms with Crippen LogP contribution in [-0.2, 0) is 0 Å². The molecule has 12 heteroatoms. The number of halogens is 3. The van der Waals surface area contributed by atoms with E-state index < -0.39 is 6.36 Å². The number of nitrogens with zero attached hydrogens (tertiary/aromatic N) is 4. The number of aromatic nitrogens is 4. The molecule has 2 aromatic carbocycles. The number of ether oxygens (including phenoxy) is 1. The van der Waals surface area contributed by atoms with Crippen molar-refractivity contribution in [2.24, 2.45) is 0 Å². The van der Waals surface area contributed by atoms with Gasteiger partial charge in [-0.1, -0.05) is 28.5 Å². The number of rotatable bonds is 5. The molecule has 0 aliphatic heterocycles. The largest absolute Gasteiger partial charge is 0.573 e. The van der Waals surface area contributed by atoms with E-state index in [1.54, 1.807) is 42.8 Å². The fourth-order valence-electron chi connectivity index (χ4n) is 4.86. The SMILES string of the molecule is Cc1noc(C)c1-c1ccc(=O)n(-c2ccc(OC(F)(F)F)cc2)c1.Cc1noc(C)c1-c1ccc(=O)n(-c2ccccc2)c1. The van der Waals surface area contributed by atoms with Crippen LogP contribution in [0, 0.1) is 27.7 Å². The first-order valence-corrected chi connectivity index (χ1v) is 13.6. The van der Waals surface area contributed by atoms with E-state index in [0.717, 1.165) is 46.0 Å². The summed E-state index contributed by atoms with van der Waals surface area (Å²) in [6, 6.07) is 21.0. The number of alkyl halides is 3. The first-order chi connectivity index (χ1) is 21.4. The summed E-state index contributed by atoms with van der Waals surface area (Å²) in [4.78, 5) is 24.2. The number of hydrogen-bond donors (Lipinski definition) is 0. The van der Waals surface area contributed by atoms with Crippen molar-refractivity contribution >= 4 is 0 Å². The minimum Gasteiger partial charge on any atom is -0.406 e. The molecule has 0 amide bonds. The second kappa shape index (κ2) is 12.5.